The predicted octanol–water partition coefficient (Wildman–Crippen LogP) is 3.19. The van der Waals surface area contributed by atoms with Crippen molar-refractivity contribution < 1.29 is 9.90 Å². The second-order valence-corrected chi connectivity index (χ2v) is 8.13. The van der Waals surface area contributed by atoms with E-state index in [1.54, 1.807) is 0 Å². The SMILES string of the molecule is Cc1cc2nc(C)c(CCC(=O)Nc3ccc(N4CCC(O)CC4)cc3)c(C)n2n1. The standard InChI is InChI=1S/C23H29N5O2/c1-15-14-22-24-16(2)21(17(3)28(22)26-15)8-9-23(30)25-18-4-6-19(7-5-18)27-12-10-20(29)11-13-27/h4-7,14,20,29H,8-13H2,1-3H3,(H,25,30). The fraction of sp³-hybridized carbons (Fsp3) is 0.435. The first kappa shape index (κ1) is 20.3. The molecule has 4 rings (SSSR count). The Kier molecular flexibility index (Phi) is 5.72. The third kappa shape index (κ3) is 4.31. The second-order valence-electron chi connectivity index (χ2n) is 8.13. The number of rotatable bonds is 5. The summed E-state index contributed by atoms with van der Waals surface area (Å²) in [6.45, 7) is 7.69. The molecule has 0 saturated carbocycles. The lowest BCUT2D eigenvalue weighted by atomic mass is 10.1. The first-order chi connectivity index (χ1) is 14.4. The van der Waals surface area contributed by atoms with Gasteiger partial charge in [0, 0.05) is 48.3 Å². The molecule has 0 bridgehead atoms. The van der Waals surface area contributed by atoms with E-state index >= 15 is 0 Å². The summed E-state index contributed by atoms with van der Waals surface area (Å²) < 4.78 is 1.86. The number of aryl methyl sites for hydroxylation is 3. The molecule has 1 aliphatic heterocycles. The van der Waals surface area contributed by atoms with Crippen LogP contribution in [0.4, 0.5) is 11.4 Å². The lowest BCUT2D eigenvalue weighted by molar-refractivity contribution is -0.116. The van der Waals surface area contributed by atoms with Crippen LogP contribution in [0.1, 0.15) is 41.9 Å². The maximum Gasteiger partial charge on any atom is 0.224 e. The van der Waals surface area contributed by atoms with Crippen molar-refractivity contribution in [3.8, 4) is 0 Å². The average Bonchev–Trinajstić information content (AvgIpc) is 3.09. The molecule has 3 aromatic rings. The summed E-state index contributed by atoms with van der Waals surface area (Å²) in [7, 11) is 0. The van der Waals surface area contributed by atoms with Crippen LogP contribution in [0.25, 0.3) is 5.65 Å². The lowest BCUT2D eigenvalue weighted by Crippen LogP contribution is -2.35. The fourth-order valence-electron chi connectivity index (χ4n) is 4.14. The highest BCUT2D eigenvalue weighted by Crippen LogP contribution is 2.22. The zero-order valence-electron chi connectivity index (χ0n) is 17.9. The molecule has 1 saturated heterocycles. The summed E-state index contributed by atoms with van der Waals surface area (Å²) in [6, 6.07) is 9.90. The Balaban J connectivity index is 1.36. The number of nitrogens with one attached hydrogen (secondary N) is 1. The number of aliphatic hydroxyl groups excluding tert-OH is 1. The van der Waals surface area contributed by atoms with E-state index in [4.69, 9.17) is 0 Å². The van der Waals surface area contributed by atoms with Crippen molar-refractivity contribution in [2.24, 2.45) is 0 Å². The molecule has 158 valence electrons. The summed E-state index contributed by atoms with van der Waals surface area (Å²) in [6.07, 6.45) is 2.44. The highest BCUT2D eigenvalue weighted by Gasteiger charge is 2.17. The first-order valence-corrected chi connectivity index (χ1v) is 10.6. The minimum atomic E-state index is -0.180. The van der Waals surface area contributed by atoms with Crippen molar-refractivity contribution in [2.45, 2.75) is 52.6 Å². The normalized spacial score (nSPS) is 15.0. The summed E-state index contributed by atoms with van der Waals surface area (Å²) in [5, 5.41) is 17.1. The van der Waals surface area contributed by atoms with Crippen molar-refractivity contribution in [1.29, 1.82) is 0 Å². The van der Waals surface area contributed by atoms with Crippen LogP contribution in [0.15, 0.2) is 30.3 Å². The van der Waals surface area contributed by atoms with Gasteiger partial charge in [-0.15, -0.1) is 0 Å². The van der Waals surface area contributed by atoms with Crippen molar-refractivity contribution >= 4 is 22.9 Å². The van der Waals surface area contributed by atoms with Crippen molar-refractivity contribution in [2.75, 3.05) is 23.3 Å². The number of hydrogen-bond donors (Lipinski definition) is 2. The van der Waals surface area contributed by atoms with Gasteiger partial charge in [-0.25, -0.2) is 9.50 Å². The Morgan fingerprint density at radius 3 is 2.57 bits per heavy atom. The number of hydrogen-bond acceptors (Lipinski definition) is 5. The number of piperidine rings is 1. The average molecular weight is 408 g/mol. The van der Waals surface area contributed by atoms with Crippen molar-refractivity contribution in [1.82, 2.24) is 14.6 Å². The summed E-state index contributed by atoms with van der Waals surface area (Å²) in [4.78, 5) is 19.4. The number of aromatic nitrogens is 3. The molecule has 0 radical (unpaired) electrons. The van der Waals surface area contributed by atoms with E-state index in [1.165, 1.54) is 0 Å². The summed E-state index contributed by atoms with van der Waals surface area (Å²) in [5.41, 5.74) is 6.76. The minimum absolute atomic E-state index is 0.0145. The Morgan fingerprint density at radius 1 is 1.17 bits per heavy atom. The van der Waals surface area contributed by atoms with Crippen LogP contribution >= 0.6 is 0 Å². The van der Waals surface area contributed by atoms with E-state index in [1.807, 2.05) is 55.6 Å². The van der Waals surface area contributed by atoms with Crippen LogP contribution < -0.4 is 10.2 Å². The molecule has 0 spiro atoms. The van der Waals surface area contributed by atoms with E-state index in [0.29, 0.717) is 12.8 Å². The van der Waals surface area contributed by atoms with Crippen molar-refractivity contribution in [3.63, 3.8) is 0 Å². The topological polar surface area (TPSA) is 82.8 Å². The maximum absolute atomic E-state index is 12.5. The zero-order chi connectivity index (χ0) is 21.3. The molecule has 0 unspecified atom stereocenters. The zero-order valence-corrected chi connectivity index (χ0v) is 17.9. The van der Waals surface area contributed by atoms with Gasteiger partial charge in [0.1, 0.15) is 0 Å². The van der Waals surface area contributed by atoms with Crippen LogP contribution in [0.2, 0.25) is 0 Å². The second kappa shape index (κ2) is 8.44. The third-order valence-electron chi connectivity index (χ3n) is 5.87. The van der Waals surface area contributed by atoms with Crippen LogP contribution in [0.3, 0.4) is 0 Å². The molecule has 1 amide bonds. The van der Waals surface area contributed by atoms with E-state index in [-0.39, 0.29) is 12.0 Å². The minimum Gasteiger partial charge on any atom is -0.393 e. The van der Waals surface area contributed by atoms with Gasteiger partial charge >= 0.3 is 0 Å². The van der Waals surface area contributed by atoms with E-state index in [9.17, 15) is 9.90 Å². The predicted molar refractivity (Wildman–Crippen MR) is 118 cm³/mol. The molecule has 7 heteroatoms. The Labute approximate surface area is 176 Å². The molecule has 0 aliphatic carbocycles. The molecule has 30 heavy (non-hydrogen) atoms. The van der Waals surface area contributed by atoms with Gasteiger partial charge in [-0.3, -0.25) is 4.79 Å². The van der Waals surface area contributed by atoms with Gasteiger partial charge in [0.15, 0.2) is 5.65 Å². The van der Waals surface area contributed by atoms with E-state index < -0.39 is 0 Å². The highest BCUT2D eigenvalue weighted by atomic mass is 16.3. The quantitative estimate of drug-likeness (QED) is 0.679. The van der Waals surface area contributed by atoms with E-state index in [0.717, 1.165) is 65.6 Å². The van der Waals surface area contributed by atoms with Crippen LogP contribution in [-0.2, 0) is 11.2 Å². The monoisotopic (exact) mass is 407 g/mol. The largest absolute Gasteiger partial charge is 0.393 e. The van der Waals surface area contributed by atoms with Gasteiger partial charge in [0.05, 0.1) is 11.8 Å². The maximum atomic E-state index is 12.5. The Hall–Kier alpha value is -2.93. The van der Waals surface area contributed by atoms with Gasteiger partial charge in [-0.2, -0.15) is 5.10 Å². The molecule has 1 fully saturated rings. The smallest absolute Gasteiger partial charge is 0.224 e. The molecule has 1 aromatic carbocycles. The molecular formula is C23H29N5O2. The number of anilines is 2. The van der Waals surface area contributed by atoms with Crippen LogP contribution in [-0.4, -0.2) is 44.8 Å². The first-order valence-electron chi connectivity index (χ1n) is 10.6. The molecule has 3 heterocycles. The number of carbonyl (C=O) groups is 1. The lowest BCUT2D eigenvalue weighted by Gasteiger charge is -2.31. The molecular weight excluding hydrogens is 378 g/mol. The third-order valence-corrected chi connectivity index (χ3v) is 5.87. The highest BCUT2D eigenvalue weighted by molar-refractivity contribution is 5.91. The Bertz CT molecular complexity index is 1050. The van der Waals surface area contributed by atoms with Gasteiger partial charge in [0.2, 0.25) is 5.91 Å². The molecule has 1 aliphatic rings. The van der Waals surface area contributed by atoms with E-state index in [2.05, 4.69) is 20.3 Å². The number of nitrogens with zero attached hydrogens (tertiary/aromatic N) is 4. The number of benzene rings is 1. The summed E-state index contributed by atoms with van der Waals surface area (Å²) in [5.74, 6) is -0.0145. The number of carbonyl (C=O) groups excluding carboxylic acids is 1. The fourth-order valence-corrected chi connectivity index (χ4v) is 4.14. The number of aliphatic hydroxyl groups is 1. The molecule has 2 aromatic heterocycles. The molecule has 7 nitrogen and oxygen atoms in total. The molecule has 0 atom stereocenters. The van der Waals surface area contributed by atoms with Crippen LogP contribution in [0, 0.1) is 20.8 Å². The Morgan fingerprint density at radius 2 is 1.87 bits per heavy atom. The van der Waals surface area contributed by atoms with Crippen molar-refractivity contribution in [3.05, 3.63) is 53.0 Å². The van der Waals surface area contributed by atoms with Gasteiger partial charge in [-0.05, 0) is 69.9 Å². The summed E-state index contributed by atoms with van der Waals surface area (Å²) >= 11 is 0. The van der Waals surface area contributed by atoms with Gasteiger partial charge in [0.25, 0.3) is 0 Å². The number of fused-ring (bicyclic) bond motifs is 1. The van der Waals surface area contributed by atoms with Crippen LogP contribution in [0.5, 0.6) is 0 Å². The van der Waals surface area contributed by atoms with Gasteiger partial charge in [-0.1, -0.05) is 0 Å². The molecule has 2 N–H and O–H groups in total. The number of amides is 1. The van der Waals surface area contributed by atoms with Gasteiger partial charge < -0.3 is 15.3 Å².